The minimum atomic E-state index is -0.985. The standard InChI is InChI=1S/C61H85N13O15/c75-38-40-12-1-32-73(40)74-33-11-21-49(74)59(84)71-30-9-19-47(71)57(82)69-28-7-17-45(69)55(80)67-26-5-15-43(67)53(78)65-24-3-13-41(65)51(76)64-23-2-14-42(64)52(77)66-25-4-16-44(66)54(79)68-27-6-18-46(68)56(81)70-29-8-20-48(70)58(83)72-31-10-22-50(72)61(86)88-35-34-63-37-39(36-62-63)60(85)89-87/h36-38,40-50,87H,1-35H2/t40-,41-,42-,43-,44-,45-,46-,47-,48-,49-,50-/m0/s1. The molecule has 11 fully saturated rings. The summed E-state index contributed by atoms with van der Waals surface area (Å²) in [4.78, 5) is 187. The summed E-state index contributed by atoms with van der Waals surface area (Å²) in [5, 5.41) is 16.7. The molecule has 11 aliphatic rings. The zero-order chi connectivity index (χ0) is 62.2. The zero-order valence-electron chi connectivity index (χ0n) is 50.8. The van der Waals surface area contributed by atoms with E-state index in [1.807, 2.05) is 10.0 Å². The smallest absolute Gasteiger partial charge is 0.375 e. The molecule has 0 spiro atoms. The van der Waals surface area contributed by atoms with E-state index in [9.17, 15) is 57.5 Å². The van der Waals surface area contributed by atoms with Gasteiger partial charge in [-0.2, -0.15) is 10.4 Å². The van der Waals surface area contributed by atoms with Crippen molar-refractivity contribution in [2.24, 2.45) is 0 Å². The second kappa shape index (κ2) is 26.8. The highest BCUT2D eigenvalue weighted by Gasteiger charge is 2.53. The Morgan fingerprint density at radius 2 is 0.674 bits per heavy atom. The molecule has 9 amide bonds. The first-order valence-electron chi connectivity index (χ1n) is 33.0. The third-order valence-electron chi connectivity index (χ3n) is 21.2. The first-order valence-corrected chi connectivity index (χ1v) is 33.0. The molecule has 11 saturated heterocycles. The number of aromatic nitrogens is 2. The summed E-state index contributed by atoms with van der Waals surface area (Å²) < 4.78 is 6.88. The minimum Gasteiger partial charge on any atom is -0.462 e. The van der Waals surface area contributed by atoms with Crippen molar-refractivity contribution in [1.82, 2.24) is 63.9 Å². The number of esters is 1. The van der Waals surface area contributed by atoms with Crippen LogP contribution in [0.15, 0.2) is 12.4 Å². The number of aldehydes is 1. The van der Waals surface area contributed by atoms with Gasteiger partial charge >= 0.3 is 11.9 Å². The van der Waals surface area contributed by atoms with Gasteiger partial charge < -0.3 is 53.6 Å². The predicted molar refractivity (Wildman–Crippen MR) is 309 cm³/mol. The first kappa shape index (κ1) is 62.1. The fourth-order valence-corrected chi connectivity index (χ4v) is 16.8. The van der Waals surface area contributed by atoms with Crippen LogP contribution in [0, 0.1) is 0 Å². The van der Waals surface area contributed by atoms with Crippen LogP contribution in [0.4, 0.5) is 0 Å². The number of hydrazine groups is 1. The average molecular weight is 1240 g/mol. The zero-order valence-corrected chi connectivity index (χ0v) is 50.8. The number of carbonyl (C=O) groups is 12. The maximum absolute atomic E-state index is 14.8. The Labute approximate surface area is 516 Å². The second-order valence-electron chi connectivity index (χ2n) is 26.1. The van der Waals surface area contributed by atoms with Gasteiger partial charge in [-0.1, -0.05) is 0 Å². The molecular weight excluding hydrogens is 1150 g/mol. The lowest BCUT2D eigenvalue weighted by Gasteiger charge is -2.38. The summed E-state index contributed by atoms with van der Waals surface area (Å²) in [5.74, 6) is -4.35. The molecule has 0 aliphatic carbocycles. The van der Waals surface area contributed by atoms with Crippen LogP contribution in [0.2, 0.25) is 0 Å². The van der Waals surface area contributed by atoms with E-state index < -0.39 is 72.4 Å². The number of hydrogen-bond acceptors (Lipinski definition) is 18. The Balaban J connectivity index is 0.648. The highest BCUT2D eigenvalue weighted by Crippen LogP contribution is 2.37. The van der Waals surface area contributed by atoms with Gasteiger partial charge in [-0.05, 0) is 141 Å². The Morgan fingerprint density at radius 1 is 0.393 bits per heavy atom. The number of likely N-dealkylation sites (tertiary alicyclic amines) is 9. The van der Waals surface area contributed by atoms with Crippen molar-refractivity contribution < 1.29 is 72.4 Å². The number of carbonyl (C=O) groups excluding carboxylic acids is 12. The van der Waals surface area contributed by atoms with Gasteiger partial charge in [-0.3, -0.25) is 52.7 Å². The van der Waals surface area contributed by atoms with Gasteiger partial charge in [0.2, 0.25) is 53.2 Å². The van der Waals surface area contributed by atoms with E-state index in [1.54, 1.807) is 39.2 Å². The highest BCUT2D eigenvalue weighted by atomic mass is 17.1. The Hall–Kier alpha value is -7.07. The van der Waals surface area contributed by atoms with Crippen molar-refractivity contribution >= 4 is 71.4 Å². The van der Waals surface area contributed by atoms with Gasteiger partial charge in [-0.25, -0.2) is 19.6 Å². The largest absolute Gasteiger partial charge is 0.462 e. The first-order chi connectivity index (χ1) is 43.2. The number of ether oxygens (including phenoxy) is 1. The van der Waals surface area contributed by atoms with Gasteiger partial charge in [0.25, 0.3) is 0 Å². The van der Waals surface area contributed by atoms with Gasteiger partial charge in [0, 0.05) is 78.2 Å². The Kier molecular flexibility index (Phi) is 18.7. The van der Waals surface area contributed by atoms with Crippen molar-refractivity contribution in [3.05, 3.63) is 18.0 Å². The molecular formula is C61H85N13O15. The van der Waals surface area contributed by atoms with Crippen molar-refractivity contribution in [2.45, 2.75) is 214 Å². The Morgan fingerprint density at radius 3 is 1.01 bits per heavy atom. The second-order valence-corrected chi connectivity index (χ2v) is 26.1. The van der Waals surface area contributed by atoms with Crippen LogP contribution >= 0.6 is 0 Å². The summed E-state index contributed by atoms with van der Waals surface area (Å²) in [7, 11) is 0. The van der Waals surface area contributed by atoms with Crippen molar-refractivity contribution in [1.29, 1.82) is 0 Å². The number of amides is 9. The molecule has 0 radical (unpaired) electrons. The molecule has 28 nitrogen and oxygen atoms in total. The lowest BCUT2D eigenvalue weighted by atomic mass is 10.1. The summed E-state index contributed by atoms with van der Waals surface area (Å²) in [6.45, 7) is 4.26. The fourth-order valence-electron chi connectivity index (χ4n) is 16.8. The van der Waals surface area contributed by atoms with Crippen LogP contribution in [0.25, 0.3) is 0 Å². The molecule has 12 heterocycles. The van der Waals surface area contributed by atoms with Crippen LogP contribution in [-0.2, 0) is 68.9 Å². The van der Waals surface area contributed by atoms with E-state index in [0.29, 0.717) is 181 Å². The van der Waals surface area contributed by atoms with Crippen LogP contribution in [-0.4, -0.2) is 286 Å². The van der Waals surface area contributed by atoms with Crippen LogP contribution in [0.5, 0.6) is 0 Å². The summed E-state index contributed by atoms with van der Waals surface area (Å²) in [6, 6.07) is -8.20. The van der Waals surface area contributed by atoms with Gasteiger partial charge in [0.15, 0.2) is 0 Å². The topological polar surface area (TPSA) is 297 Å². The van der Waals surface area contributed by atoms with E-state index in [4.69, 9.17) is 9.99 Å². The molecule has 89 heavy (non-hydrogen) atoms. The third-order valence-corrected chi connectivity index (χ3v) is 21.2. The lowest BCUT2D eigenvalue weighted by Crippen LogP contribution is -2.59. The molecule has 11 atom stereocenters. The summed E-state index contributed by atoms with van der Waals surface area (Å²) >= 11 is 0. The maximum atomic E-state index is 14.8. The van der Waals surface area contributed by atoms with Crippen LogP contribution < -0.4 is 0 Å². The molecule has 12 rings (SSSR count). The lowest BCUT2D eigenvalue weighted by molar-refractivity contribution is -0.182. The van der Waals surface area contributed by atoms with Crippen molar-refractivity contribution in [2.75, 3.05) is 78.6 Å². The molecule has 1 aromatic rings. The maximum Gasteiger partial charge on any atom is 0.375 e. The average Bonchev–Trinajstić information content (AvgIpc) is 1.95. The molecule has 484 valence electrons. The third kappa shape index (κ3) is 11.9. The molecule has 11 aliphatic heterocycles. The normalized spacial score (nSPS) is 30.8. The SMILES string of the molecule is O=C[C@@H]1CCCN1N1CCC[C@H]1C(=O)N1CCC[C@H]1C(=O)N1CCC[C@H]1C(=O)N1CCC[C@H]1C(=O)N1CCC[C@H]1C(=O)N1CCC[C@H]1C(=O)N1CCC[C@H]1C(=O)N1CCC[C@H]1C(=O)N1CCC[C@H]1C(=O)N1CCC[C@H]1C(=O)OCCn1cc(C(=O)OO)cn1. The van der Waals surface area contributed by atoms with Gasteiger partial charge in [0.05, 0.1) is 18.8 Å². The molecule has 0 saturated carbocycles. The van der Waals surface area contributed by atoms with E-state index in [1.165, 1.54) is 22.0 Å². The van der Waals surface area contributed by atoms with E-state index in [0.717, 1.165) is 25.5 Å². The quantitative estimate of drug-likeness (QED) is 0.0987. The van der Waals surface area contributed by atoms with Crippen molar-refractivity contribution in [3.63, 3.8) is 0 Å². The summed E-state index contributed by atoms with van der Waals surface area (Å²) in [6.07, 6.45) is 15.2. The molecule has 0 bridgehead atoms. The molecule has 1 N–H and O–H groups in total. The monoisotopic (exact) mass is 1240 g/mol. The van der Waals surface area contributed by atoms with Crippen molar-refractivity contribution in [3.8, 4) is 0 Å². The van der Waals surface area contributed by atoms with Gasteiger partial charge in [0.1, 0.15) is 78.9 Å². The molecule has 1 aromatic heterocycles. The number of hydrogen-bond donors (Lipinski definition) is 1. The van der Waals surface area contributed by atoms with Crippen LogP contribution in [0.3, 0.4) is 0 Å². The number of rotatable bonds is 16. The van der Waals surface area contributed by atoms with Crippen LogP contribution in [0.1, 0.15) is 152 Å². The molecule has 0 unspecified atom stereocenters. The minimum absolute atomic E-state index is 0.00832. The predicted octanol–water partition coefficient (Wildman–Crippen LogP) is 0.0178. The van der Waals surface area contributed by atoms with E-state index >= 15 is 0 Å². The van der Waals surface area contributed by atoms with E-state index in [2.05, 4.69) is 9.99 Å². The number of nitrogens with zero attached hydrogens (tertiary/aromatic N) is 13. The highest BCUT2D eigenvalue weighted by molar-refractivity contribution is 6.00. The molecule has 28 heteroatoms. The Bertz CT molecular complexity index is 2940. The van der Waals surface area contributed by atoms with Gasteiger partial charge in [-0.15, -0.1) is 0 Å². The summed E-state index contributed by atoms with van der Waals surface area (Å²) in [5.41, 5.74) is 0.00832. The van der Waals surface area contributed by atoms with E-state index in [-0.39, 0.29) is 91.0 Å². The fraction of sp³-hybridized carbons (Fsp3) is 0.754. The molecule has 0 aromatic carbocycles.